The molecule has 4 nitrogen and oxygen atoms in total. The SMILES string of the molecule is COc1c([C@H]2[C@@H](OC(C)=O)O[C@@](C)(C(F)(F)F)[C@H]2C)ccc(F)c1F. The van der Waals surface area contributed by atoms with E-state index >= 15 is 0 Å². The molecular formula is C16H17F5O4. The largest absolute Gasteiger partial charge is 0.493 e. The lowest BCUT2D eigenvalue weighted by Crippen LogP contribution is -2.47. The summed E-state index contributed by atoms with van der Waals surface area (Å²) in [5.41, 5.74) is -2.72. The number of rotatable bonds is 3. The molecule has 1 aromatic carbocycles. The third-order valence-electron chi connectivity index (χ3n) is 4.55. The molecule has 1 fully saturated rings. The lowest BCUT2D eigenvalue weighted by molar-refractivity contribution is -0.293. The van der Waals surface area contributed by atoms with Crippen molar-refractivity contribution in [2.45, 2.75) is 44.8 Å². The van der Waals surface area contributed by atoms with Crippen molar-refractivity contribution in [1.29, 1.82) is 0 Å². The van der Waals surface area contributed by atoms with Gasteiger partial charge in [-0.05, 0) is 13.0 Å². The van der Waals surface area contributed by atoms with E-state index in [0.29, 0.717) is 0 Å². The molecule has 0 unspecified atom stereocenters. The van der Waals surface area contributed by atoms with Crippen molar-refractivity contribution in [2.24, 2.45) is 5.92 Å². The standard InChI is InChI=1S/C16H17F5O4/c1-7-11(9-5-6-10(17)12(18)13(9)23-4)14(24-8(2)22)25-15(7,3)16(19,20)21/h5-7,11,14H,1-4H3/t7-,11-,14-,15+/m0/s1. The first-order chi connectivity index (χ1) is 11.4. The highest BCUT2D eigenvalue weighted by Crippen LogP contribution is 2.54. The molecular weight excluding hydrogens is 351 g/mol. The molecule has 1 aliphatic rings. The first kappa shape index (κ1) is 19.4. The summed E-state index contributed by atoms with van der Waals surface area (Å²) in [6, 6.07) is 1.87. The van der Waals surface area contributed by atoms with Crippen molar-refractivity contribution < 1.29 is 41.0 Å². The molecule has 2 rings (SSSR count). The Hall–Kier alpha value is -1.90. The summed E-state index contributed by atoms with van der Waals surface area (Å²) in [5, 5.41) is 0. The fourth-order valence-corrected chi connectivity index (χ4v) is 3.02. The summed E-state index contributed by atoms with van der Waals surface area (Å²) in [7, 11) is 1.06. The van der Waals surface area contributed by atoms with Crippen LogP contribution in [0.1, 0.15) is 32.3 Å². The molecule has 1 aromatic rings. The first-order valence-corrected chi connectivity index (χ1v) is 7.37. The Bertz CT molecular complexity index is 675. The molecule has 0 radical (unpaired) electrons. The summed E-state index contributed by atoms with van der Waals surface area (Å²) < 4.78 is 82.6. The average Bonchev–Trinajstić information content (AvgIpc) is 2.73. The van der Waals surface area contributed by atoms with Gasteiger partial charge in [-0.3, -0.25) is 4.79 Å². The maximum atomic E-state index is 14.0. The van der Waals surface area contributed by atoms with Gasteiger partial charge in [0.2, 0.25) is 12.1 Å². The summed E-state index contributed by atoms with van der Waals surface area (Å²) >= 11 is 0. The van der Waals surface area contributed by atoms with Crippen LogP contribution >= 0.6 is 0 Å². The molecule has 0 saturated carbocycles. The lowest BCUT2D eigenvalue weighted by atomic mass is 9.79. The van der Waals surface area contributed by atoms with Crippen LogP contribution in [0.5, 0.6) is 5.75 Å². The summed E-state index contributed by atoms with van der Waals surface area (Å²) in [6.45, 7) is 3.07. The van der Waals surface area contributed by atoms with Crippen LogP contribution in [0.15, 0.2) is 12.1 Å². The average molecular weight is 368 g/mol. The second kappa shape index (κ2) is 6.44. The Kier molecular flexibility index (Phi) is 5.00. The van der Waals surface area contributed by atoms with Crippen molar-refractivity contribution in [3.63, 3.8) is 0 Å². The number of esters is 1. The number of benzene rings is 1. The van der Waals surface area contributed by atoms with Gasteiger partial charge in [0.25, 0.3) is 0 Å². The lowest BCUT2D eigenvalue weighted by Gasteiger charge is -2.31. The number of hydrogen-bond acceptors (Lipinski definition) is 4. The third kappa shape index (κ3) is 3.17. The van der Waals surface area contributed by atoms with E-state index in [2.05, 4.69) is 0 Å². The number of methoxy groups -OCH3 is 1. The number of alkyl halides is 3. The van der Waals surface area contributed by atoms with Crippen LogP contribution in [-0.2, 0) is 14.3 Å². The smallest absolute Gasteiger partial charge is 0.417 e. The van der Waals surface area contributed by atoms with Crippen molar-refractivity contribution in [2.75, 3.05) is 7.11 Å². The molecule has 0 spiro atoms. The minimum Gasteiger partial charge on any atom is -0.493 e. The van der Waals surface area contributed by atoms with Crippen LogP contribution in [0.3, 0.4) is 0 Å². The normalized spacial score (nSPS) is 29.6. The molecule has 4 atom stereocenters. The van der Waals surface area contributed by atoms with Gasteiger partial charge in [-0.1, -0.05) is 13.0 Å². The van der Waals surface area contributed by atoms with E-state index in [1.165, 1.54) is 6.92 Å². The highest BCUT2D eigenvalue weighted by molar-refractivity contribution is 5.66. The zero-order chi connectivity index (χ0) is 19.2. The molecule has 9 heteroatoms. The summed E-state index contributed by atoms with van der Waals surface area (Å²) in [5.74, 6) is -6.44. The quantitative estimate of drug-likeness (QED) is 0.599. The van der Waals surface area contributed by atoms with Crippen molar-refractivity contribution in [3.05, 3.63) is 29.3 Å². The second-order valence-electron chi connectivity index (χ2n) is 6.00. The van der Waals surface area contributed by atoms with Crippen LogP contribution in [0, 0.1) is 17.6 Å². The molecule has 1 heterocycles. The van der Waals surface area contributed by atoms with Gasteiger partial charge in [-0.25, -0.2) is 4.39 Å². The number of hydrogen-bond donors (Lipinski definition) is 0. The Balaban J connectivity index is 2.60. The molecule has 0 N–H and O–H groups in total. The Labute approximate surface area is 140 Å². The van der Waals surface area contributed by atoms with E-state index in [4.69, 9.17) is 14.2 Å². The molecule has 1 aliphatic heterocycles. The monoisotopic (exact) mass is 368 g/mol. The van der Waals surface area contributed by atoms with Crippen molar-refractivity contribution in [3.8, 4) is 5.75 Å². The van der Waals surface area contributed by atoms with E-state index in [1.54, 1.807) is 0 Å². The van der Waals surface area contributed by atoms with E-state index < -0.39 is 53.3 Å². The van der Waals surface area contributed by atoms with E-state index in [9.17, 15) is 26.7 Å². The van der Waals surface area contributed by atoms with Gasteiger partial charge >= 0.3 is 12.1 Å². The fraction of sp³-hybridized carbons (Fsp3) is 0.562. The summed E-state index contributed by atoms with van der Waals surface area (Å²) in [4.78, 5) is 11.3. The zero-order valence-corrected chi connectivity index (χ0v) is 13.9. The van der Waals surface area contributed by atoms with E-state index in [1.807, 2.05) is 0 Å². The first-order valence-electron chi connectivity index (χ1n) is 7.37. The van der Waals surface area contributed by atoms with Gasteiger partial charge in [0.1, 0.15) is 0 Å². The van der Waals surface area contributed by atoms with Gasteiger partial charge in [-0.15, -0.1) is 0 Å². The van der Waals surface area contributed by atoms with Gasteiger partial charge in [0, 0.05) is 18.4 Å². The number of carbonyl (C=O) groups is 1. The highest BCUT2D eigenvalue weighted by Gasteiger charge is 2.65. The highest BCUT2D eigenvalue weighted by atomic mass is 19.4. The minimum absolute atomic E-state index is 0.0758. The van der Waals surface area contributed by atoms with Crippen molar-refractivity contribution in [1.82, 2.24) is 0 Å². The molecule has 1 saturated heterocycles. The van der Waals surface area contributed by atoms with Gasteiger partial charge in [-0.2, -0.15) is 17.6 Å². The Morgan fingerprint density at radius 2 is 1.88 bits per heavy atom. The Morgan fingerprint density at radius 3 is 2.36 bits per heavy atom. The third-order valence-corrected chi connectivity index (χ3v) is 4.55. The van der Waals surface area contributed by atoms with E-state index in [-0.39, 0.29) is 5.56 Å². The molecule has 140 valence electrons. The van der Waals surface area contributed by atoms with E-state index in [0.717, 1.165) is 33.1 Å². The predicted molar refractivity (Wildman–Crippen MR) is 75.9 cm³/mol. The molecule has 0 aromatic heterocycles. The van der Waals surface area contributed by atoms with Gasteiger partial charge in [0.15, 0.2) is 17.2 Å². The molecule has 0 amide bonds. The van der Waals surface area contributed by atoms with Crippen LogP contribution in [0.2, 0.25) is 0 Å². The summed E-state index contributed by atoms with van der Waals surface area (Å²) in [6.07, 6.45) is -6.40. The number of ether oxygens (including phenoxy) is 3. The van der Waals surface area contributed by atoms with Crippen LogP contribution < -0.4 is 4.74 Å². The Morgan fingerprint density at radius 1 is 1.28 bits per heavy atom. The second-order valence-corrected chi connectivity index (χ2v) is 6.00. The number of carbonyl (C=O) groups excluding carboxylic acids is 1. The van der Waals surface area contributed by atoms with Gasteiger partial charge < -0.3 is 14.2 Å². The van der Waals surface area contributed by atoms with Crippen LogP contribution in [-0.4, -0.2) is 31.1 Å². The predicted octanol–water partition coefficient (Wildman–Crippen LogP) is 3.93. The molecule has 25 heavy (non-hydrogen) atoms. The minimum atomic E-state index is -4.77. The maximum absolute atomic E-state index is 14.0. The number of halogens is 5. The van der Waals surface area contributed by atoms with Crippen LogP contribution in [0.25, 0.3) is 0 Å². The topological polar surface area (TPSA) is 44.8 Å². The zero-order valence-electron chi connectivity index (χ0n) is 13.9. The van der Waals surface area contributed by atoms with Crippen molar-refractivity contribution >= 4 is 5.97 Å². The molecule has 0 bridgehead atoms. The molecule has 0 aliphatic carbocycles. The maximum Gasteiger partial charge on any atom is 0.417 e. The van der Waals surface area contributed by atoms with Crippen LogP contribution in [0.4, 0.5) is 22.0 Å². The fourth-order valence-electron chi connectivity index (χ4n) is 3.02. The van der Waals surface area contributed by atoms with Gasteiger partial charge in [0.05, 0.1) is 13.0 Å².